The van der Waals surface area contributed by atoms with Gasteiger partial charge in [-0.15, -0.1) is 6.58 Å². The molecule has 0 aliphatic rings. The third-order valence-corrected chi connectivity index (χ3v) is 13.0. The van der Waals surface area contributed by atoms with Crippen molar-refractivity contribution < 1.29 is 23.4 Å². The van der Waals surface area contributed by atoms with Gasteiger partial charge < -0.3 is 23.4 Å². The van der Waals surface area contributed by atoms with Gasteiger partial charge in [0.15, 0.2) is 0 Å². The van der Waals surface area contributed by atoms with Gasteiger partial charge in [0, 0.05) is 6.61 Å². The second kappa shape index (κ2) is 15.9. The Kier molecular flexibility index (Phi) is 12.0. The summed E-state index contributed by atoms with van der Waals surface area (Å²) in [6.07, 6.45) is 1.87. The fraction of sp³-hybridized carbons (Fsp3) is 0.316. The van der Waals surface area contributed by atoms with Gasteiger partial charge >= 0.3 is 0 Å². The summed E-state index contributed by atoms with van der Waals surface area (Å²) in [5.74, 6) is 1.63. The minimum absolute atomic E-state index is 0.113. The van der Waals surface area contributed by atoms with Crippen LogP contribution in [0.3, 0.4) is 0 Å². The minimum Gasteiger partial charge on any atom is -0.497 e. The summed E-state index contributed by atoms with van der Waals surface area (Å²) in [5, 5.41) is 2.40. The number of hydrogen-bond acceptors (Lipinski definition) is 5. The Bertz CT molecular complexity index is 1360. The fourth-order valence-corrected chi connectivity index (χ4v) is 10.2. The van der Waals surface area contributed by atoms with Gasteiger partial charge in [0.25, 0.3) is 8.32 Å². The number of benzene rings is 4. The lowest BCUT2D eigenvalue weighted by Gasteiger charge is -2.43. The van der Waals surface area contributed by atoms with E-state index in [4.69, 9.17) is 23.4 Å². The highest BCUT2D eigenvalue weighted by atomic mass is 28.4. The summed E-state index contributed by atoms with van der Waals surface area (Å²) in [6.45, 7) is 12.4. The summed E-state index contributed by atoms with van der Waals surface area (Å²) < 4.78 is 30.8. The van der Waals surface area contributed by atoms with Crippen molar-refractivity contribution in [2.24, 2.45) is 0 Å². The van der Waals surface area contributed by atoms with Crippen LogP contribution in [0.25, 0.3) is 0 Å². The molecule has 2 atom stereocenters. The molecule has 6 heteroatoms. The normalized spacial score (nSPS) is 13.2. The van der Waals surface area contributed by atoms with Crippen LogP contribution in [0.15, 0.2) is 122 Å². The Labute approximate surface area is 264 Å². The topological polar surface area (TPSA) is 46.2 Å². The maximum atomic E-state index is 7.20. The number of hydrogen-bond donors (Lipinski definition) is 0. The molecule has 0 aliphatic heterocycles. The van der Waals surface area contributed by atoms with E-state index in [2.05, 4.69) is 88.0 Å². The van der Waals surface area contributed by atoms with Gasteiger partial charge in [-0.05, 0) is 57.2 Å². The molecule has 232 valence electrons. The third kappa shape index (κ3) is 8.27. The zero-order chi connectivity index (χ0) is 31.4. The first-order chi connectivity index (χ1) is 21.3. The van der Waals surface area contributed by atoms with Gasteiger partial charge in [0.05, 0.1) is 33.5 Å². The van der Waals surface area contributed by atoms with Gasteiger partial charge in [-0.25, -0.2) is 0 Å². The molecule has 0 fully saturated rings. The molecule has 0 unspecified atom stereocenters. The Morgan fingerprint density at radius 3 is 1.52 bits per heavy atom. The summed E-state index contributed by atoms with van der Waals surface area (Å²) in [4.78, 5) is 0. The van der Waals surface area contributed by atoms with Crippen LogP contribution in [0.1, 0.15) is 38.3 Å². The first-order valence-electron chi connectivity index (χ1n) is 15.2. The second-order valence-electron chi connectivity index (χ2n) is 11.9. The van der Waals surface area contributed by atoms with Gasteiger partial charge in [0.2, 0.25) is 0 Å². The first-order valence-corrected chi connectivity index (χ1v) is 17.1. The average Bonchev–Trinajstić information content (AvgIpc) is 3.06. The predicted molar refractivity (Wildman–Crippen MR) is 182 cm³/mol. The summed E-state index contributed by atoms with van der Waals surface area (Å²) >= 11 is 0. The quantitative estimate of drug-likeness (QED) is 0.0982. The van der Waals surface area contributed by atoms with E-state index >= 15 is 0 Å². The molecule has 0 aromatic heterocycles. The van der Waals surface area contributed by atoms with Crippen LogP contribution in [-0.4, -0.2) is 41.4 Å². The SMILES string of the molecule is C=C[C@@H](OCc1ccc(OC)cc1)[C@H](CCO[Si](c1ccccc1)(c1ccccc1)C(C)(C)C)OCc1ccc(OC)cc1. The lowest BCUT2D eigenvalue weighted by Crippen LogP contribution is -2.66. The van der Waals surface area contributed by atoms with Crippen molar-refractivity contribution in [3.05, 3.63) is 133 Å². The van der Waals surface area contributed by atoms with Crippen molar-refractivity contribution >= 4 is 18.7 Å². The smallest absolute Gasteiger partial charge is 0.261 e. The van der Waals surface area contributed by atoms with Crippen molar-refractivity contribution in [1.82, 2.24) is 0 Å². The summed E-state index contributed by atoms with van der Waals surface area (Å²) in [6, 6.07) is 37.3. The van der Waals surface area contributed by atoms with E-state index in [1.165, 1.54) is 10.4 Å². The molecule has 0 N–H and O–H groups in total. The van der Waals surface area contributed by atoms with E-state index in [1.807, 2.05) is 54.6 Å². The van der Waals surface area contributed by atoms with E-state index in [0.717, 1.165) is 22.6 Å². The van der Waals surface area contributed by atoms with E-state index < -0.39 is 8.32 Å². The predicted octanol–water partition coefficient (Wildman–Crippen LogP) is 7.33. The van der Waals surface area contributed by atoms with Gasteiger partial charge in [-0.3, -0.25) is 0 Å². The monoisotopic (exact) mass is 610 g/mol. The molecule has 0 amide bonds. The van der Waals surface area contributed by atoms with E-state index in [1.54, 1.807) is 14.2 Å². The minimum atomic E-state index is -2.69. The average molecular weight is 611 g/mol. The molecular formula is C38H46O5Si. The lowest BCUT2D eigenvalue weighted by molar-refractivity contribution is -0.0717. The first kappa shape index (κ1) is 33.2. The van der Waals surface area contributed by atoms with Crippen molar-refractivity contribution in [3.63, 3.8) is 0 Å². The standard InChI is InChI=1S/C38H46O5Si/c1-7-36(41-28-30-18-22-32(39-5)23-19-30)37(42-29-31-20-24-33(40-6)25-21-31)26-27-43-44(38(2,3)4,34-14-10-8-11-15-34)35-16-12-9-13-17-35/h7-25,36-37H,1,26-29H2,2-6H3/t36-,37+/m1/s1. The molecule has 0 aliphatic carbocycles. The van der Waals surface area contributed by atoms with Gasteiger partial charge in [-0.1, -0.05) is 112 Å². The molecule has 5 nitrogen and oxygen atoms in total. The lowest BCUT2D eigenvalue weighted by atomic mass is 10.1. The molecule has 4 aromatic rings. The van der Waals surface area contributed by atoms with Crippen LogP contribution in [0, 0.1) is 0 Å². The van der Waals surface area contributed by atoms with Crippen LogP contribution < -0.4 is 19.8 Å². The van der Waals surface area contributed by atoms with E-state index in [-0.39, 0.29) is 17.2 Å². The van der Waals surface area contributed by atoms with Gasteiger partial charge in [0.1, 0.15) is 17.6 Å². The molecule has 0 bridgehead atoms. The molecular weight excluding hydrogens is 564 g/mol. The van der Waals surface area contributed by atoms with Crippen LogP contribution in [0.5, 0.6) is 11.5 Å². The summed E-state index contributed by atoms with van der Waals surface area (Å²) in [7, 11) is 0.648. The zero-order valence-corrected chi connectivity index (χ0v) is 27.7. The molecule has 4 aromatic carbocycles. The van der Waals surface area contributed by atoms with Crippen LogP contribution in [0.4, 0.5) is 0 Å². The highest BCUT2D eigenvalue weighted by Gasteiger charge is 2.50. The Morgan fingerprint density at radius 1 is 0.659 bits per heavy atom. The maximum Gasteiger partial charge on any atom is 0.261 e. The van der Waals surface area contributed by atoms with E-state index in [0.29, 0.717) is 26.2 Å². The second-order valence-corrected chi connectivity index (χ2v) is 16.2. The molecule has 44 heavy (non-hydrogen) atoms. The molecule has 4 rings (SSSR count). The Morgan fingerprint density at radius 2 is 1.11 bits per heavy atom. The van der Waals surface area contributed by atoms with Crippen LogP contribution in [0.2, 0.25) is 5.04 Å². The van der Waals surface area contributed by atoms with E-state index in [9.17, 15) is 0 Å². The Hall–Kier alpha value is -3.68. The molecule has 0 saturated heterocycles. The molecule has 0 spiro atoms. The molecule has 0 heterocycles. The fourth-order valence-electron chi connectivity index (χ4n) is 5.60. The van der Waals surface area contributed by atoms with Crippen molar-refractivity contribution in [1.29, 1.82) is 0 Å². The Balaban J connectivity index is 1.57. The number of rotatable bonds is 16. The molecule has 0 radical (unpaired) electrons. The van der Waals surface area contributed by atoms with Crippen molar-refractivity contribution in [3.8, 4) is 11.5 Å². The highest BCUT2D eigenvalue weighted by Crippen LogP contribution is 2.37. The number of ether oxygens (including phenoxy) is 4. The van der Waals surface area contributed by atoms with Crippen LogP contribution in [-0.2, 0) is 27.1 Å². The third-order valence-electron chi connectivity index (χ3n) is 7.96. The van der Waals surface area contributed by atoms with Gasteiger partial charge in [-0.2, -0.15) is 0 Å². The zero-order valence-electron chi connectivity index (χ0n) is 26.7. The highest BCUT2D eigenvalue weighted by molar-refractivity contribution is 6.99. The number of methoxy groups -OCH3 is 2. The van der Waals surface area contributed by atoms with Crippen molar-refractivity contribution in [2.75, 3.05) is 20.8 Å². The largest absolute Gasteiger partial charge is 0.497 e. The van der Waals surface area contributed by atoms with Crippen molar-refractivity contribution in [2.45, 2.75) is 57.7 Å². The molecule has 0 saturated carbocycles. The summed E-state index contributed by atoms with van der Waals surface area (Å²) in [5.41, 5.74) is 2.11. The van der Waals surface area contributed by atoms with Crippen LogP contribution >= 0.6 is 0 Å². The maximum absolute atomic E-state index is 7.20.